The average molecular weight is 224 g/mol. The predicted octanol–water partition coefficient (Wildman–Crippen LogP) is 2.26. The Morgan fingerprint density at radius 1 is 0.875 bits per heavy atom. The molecule has 2 saturated carbocycles. The molecule has 94 valence electrons. The third-order valence-electron chi connectivity index (χ3n) is 5.28. The summed E-state index contributed by atoms with van der Waals surface area (Å²) in [6.07, 6.45) is 2.90. The summed E-state index contributed by atoms with van der Waals surface area (Å²) in [6.45, 7) is 14.2. The zero-order chi connectivity index (χ0) is 11.8. The Morgan fingerprint density at radius 2 is 1.38 bits per heavy atom. The molecule has 0 aromatic rings. The molecule has 0 bridgehead atoms. The van der Waals surface area contributed by atoms with Crippen molar-refractivity contribution in [2.75, 3.05) is 26.2 Å². The minimum atomic E-state index is 0.529. The van der Waals surface area contributed by atoms with Gasteiger partial charge in [0, 0.05) is 13.1 Å². The Balaban J connectivity index is 1.49. The summed E-state index contributed by atoms with van der Waals surface area (Å²) < 4.78 is 0. The molecule has 2 fully saturated rings. The van der Waals surface area contributed by atoms with Gasteiger partial charge in [0.1, 0.15) is 0 Å². The highest BCUT2D eigenvalue weighted by atomic mass is 15.0. The first kappa shape index (κ1) is 12.4. The van der Waals surface area contributed by atoms with Crippen LogP contribution in [0.5, 0.6) is 0 Å². The van der Waals surface area contributed by atoms with Crippen molar-refractivity contribution in [2.24, 2.45) is 22.7 Å². The second-order valence-electron chi connectivity index (χ2n) is 6.85. The maximum absolute atomic E-state index is 3.59. The van der Waals surface area contributed by atoms with E-state index in [0.717, 1.165) is 24.9 Å². The topological polar surface area (TPSA) is 24.1 Å². The van der Waals surface area contributed by atoms with E-state index in [0.29, 0.717) is 10.8 Å². The molecule has 0 spiro atoms. The molecule has 0 aromatic carbocycles. The summed E-state index contributed by atoms with van der Waals surface area (Å²) in [5, 5.41) is 7.11. The standard InChI is InChI=1S/C14H28N2/c1-13(2)12(14(13,3)4)10-16-8-7-15-9-11-5-6-11/h11-12,15-16H,5-10H2,1-4H3. The van der Waals surface area contributed by atoms with E-state index < -0.39 is 0 Å². The largest absolute Gasteiger partial charge is 0.315 e. The summed E-state index contributed by atoms with van der Waals surface area (Å²) in [4.78, 5) is 0. The molecule has 0 amide bonds. The molecule has 0 atom stereocenters. The zero-order valence-electron chi connectivity index (χ0n) is 11.4. The van der Waals surface area contributed by atoms with E-state index in [1.807, 2.05) is 0 Å². The van der Waals surface area contributed by atoms with E-state index in [-0.39, 0.29) is 0 Å². The van der Waals surface area contributed by atoms with Gasteiger partial charge in [-0.2, -0.15) is 0 Å². The molecule has 16 heavy (non-hydrogen) atoms. The van der Waals surface area contributed by atoms with E-state index in [1.165, 1.54) is 25.9 Å². The van der Waals surface area contributed by atoms with Crippen LogP contribution in [0.15, 0.2) is 0 Å². The normalized spacial score (nSPS) is 27.0. The van der Waals surface area contributed by atoms with Crippen molar-refractivity contribution in [3.63, 3.8) is 0 Å². The van der Waals surface area contributed by atoms with Gasteiger partial charge >= 0.3 is 0 Å². The quantitative estimate of drug-likeness (QED) is 0.648. The number of hydrogen-bond acceptors (Lipinski definition) is 2. The SMILES string of the molecule is CC1(C)C(CNCCNCC2CC2)C1(C)C. The molecule has 0 radical (unpaired) electrons. The lowest BCUT2D eigenvalue weighted by atomic mass is 10.0. The number of nitrogens with one attached hydrogen (secondary N) is 2. The van der Waals surface area contributed by atoms with Crippen molar-refractivity contribution in [3.05, 3.63) is 0 Å². The maximum atomic E-state index is 3.59. The molecule has 2 rings (SSSR count). The van der Waals surface area contributed by atoms with E-state index in [1.54, 1.807) is 0 Å². The molecule has 0 aromatic heterocycles. The van der Waals surface area contributed by atoms with Crippen LogP contribution in [0.3, 0.4) is 0 Å². The van der Waals surface area contributed by atoms with Gasteiger partial charge in [-0.05, 0) is 48.6 Å². The summed E-state index contributed by atoms with van der Waals surface area (Å²) in [6, 6.07) is 0. The van der Waals surface area contributed by atoms with Gasteiger partial charge in [-0.15, -0.1) is 0 Å². The van der Waals surface area contributed by atoms with Crippen molar-refractivity contribution >= 4 is 0 Å². The van der Waals surface area contributed by atoms with Crippen LogP contribution in [0.4, 0.5) is 0 Å². The second-order valence-corrected chi connectivity index (χ2v) is 6.85. The Labute approximate surface area is 101 Å². The Kier molecular flexibility index (Phi) is 3.33. The van der Waals surface area contributed by atoms with Gasteiger partial charge in [-0.3, -0.25) is 0 Å². The lowest BCUT2D eigenvalue weighted by Crippen LogP contribution is -2.30. The molecule has 2 heteroatoms. The summed E-state index contributed by atoms with van der Waals surface area (Å²) in [7, 11) is 0. The minimum Gasteiger partial charge on any atom is -0.315 e. The maximum Gasteiger partial charge on any atom is 0.00768 e. The van der Waals surface area contributed by atoms with Gasteiger partial charge in [-0.1, -0.05) is 27.7 Å². The molecule has 0 heterocycles. The number of hydrogen-bond donors (Lipinski definition) is 2. The van der Waals surface area contributed by atoms with Crippen molar-refractivity contribution in [1.29, 1.82) is 0 Å². The van der Waals surface area contributed by atoms with Crippen LogP contribution in [0.1, 0.15) is 40.5 Å². The van der Waals surface area contributed by atoms with Gasteiger partial charge < -0.3 is 10.6 Å². The highest BCUT2D eigenvalue weighted by molar-refractivity contribution is 5.12. The van der Waals surface area contributed by atoms with E-state index in [9.17, 15) is 0 Å². The molecule has 2 aliphatic rings. The highest BCUT2D eigenvalue weighted by Crippen LogP contribution is 2.67. The van der Waals surface area contributed by atoms with Crippen LogP contribution < -0.4 is 10.6 Å². The fourth-order valence-electron chi connectivity index (χ4n) is 2.89. The van der Waals surface area contributed by atoms with Crippen LogP contribution >= 0.6 is 0 Å². The van der Waals surface area contributed by atoms with Gasteiger partial charge in [0.05, 0.1) is 0 Å². The van der Waals surface area contributed by atoms with Crippen LogP contribution in [-0.4, -0.2) is 26.2 Å². The molecule has 0 aliphatic heterocycles. The third-order valence-corrected chi connectivity index (χ3v) is 5.28. The third kappa shape index (κ3) is 2.43. The van der Waals surface area contributed by atoms with Crippen LogP contribution in [-0.2, 0) is 0 Å². The molecule has 2 aliphatic carbocycles. The minimum absolute atomic E-state index is 0.529. The van der Waals surface area contributed by atoms with Crippen molar-refractivity contribution in [1.82, 2.24) is 10.6 Å². The van der Waals surface area contributed by atoms with Gasteiger partial charge in [-0.25, -0.2) is 0 Å². The van der Waals surface area contributed by atoms with Gasteiger partial charge in [0.25, 0.3) is 0 Å². The zero-order valence-corrected chi connectivity index (χ0v) is 11.4. The average Bonchev–Trinajstić information content (AvgIpc) is 3.05. The monoisotopic (exact) mass is 224 g/mol. The van der Waals surface area contributed by atoms with E-state index in [2.05, 4.69) is 38.3 Å². The Morgan fingerprint density at radius 3 is 1.81 bits per heavy atom. The Bertz CT molecular complexity index is 227. The van der Waals surface area contributed by atoms with Gasteiger partial charge in [0.2, 0.25) is 0 Å². The first-order valence-electron chi connectivity index (χ1n) is 6.87. The van der Waals surface area contributed by atoms with Crippen molar-refractivity contribution in [3.8, 4) is 0 Å². The Hall–Kier alpha value is -0.0800. The molecule has 0 unspecified atom stereocenters. The molecular weight excluding hydrogens is 196 g/mol. The summed E-state index contributed by atoms with van der Waals surface area (Å²) in [5.74, 6) is 1.85. The summed E-state index contributed by atoms with van der Waals surface area (Å²) >= 11 is 0. The molecule has 2 nitrogen and oxygen atoms in total. The lowest BCUT2D eigenvalue weighted by Gasteiger charge is -2.07. The second kappa shape index (κ2) is 4.30. The molecule has 2 N–H and O–H groups in total. The number of rotatable bonds is 7. The van der Waals surface area contributed by atoms with Crippen LogP contribution in [0.2, 0.25) is 0 Å². The smallest absolute Gasteiger partial charge is 0.00768 e. The fraction of sp³-hybridized carbons (Fsp3) is 1.00. The van der Waals surface area contributed by atoms with Crippen LogP contribution in [0.25, 0.3) is 0 Å². The van der Waals surface area contributed by atoms with Crippen molar-refractivity contribution in [2.45, 2.75) is 40.5 Å². The summed E-state index contributed by atoms with van der Waals surface area (Å²) in [5.41, 5.74) is 1.06. The van der Waals surface area contributed by atoms with Gasteiger partial charge in [0.15, 0.2) is 0 Å². The van der Waals surface area contributed by atoms with Crippen molar-refractivity contribution < 1.29 is 0 Å². The van der Waals surface area contributed by atoms with E-state index >= 15 is 0 Å². The molecular formula is C14H28N2. The van der Waals surface area contributed by atoms with Crippen LogP contribution in [0, 0.1) is 22.7 Å². The lowest BCUT2D eigenvalue weighted by molar-refractivity contribution is 0.457. The highest BCUT2D eigenvalue weighted by Gasteiger charge is 2.63. The molecule has 0 saturated heterocycles. The first-order valence-corrected chi connectivity index (χ1v) is 6.87. The fourth-order valence-corrected chi connectivity index (χ4v) is 2.89. The predicted molar refractivity (Wildman–Crippen MR) is 69.5 cm³/mol. The first-order chi connectivity index (χ1) is 7.46. The van der Waals surface area contributed by atoms with E-state index in [4.69, 9.17) is 0 Å².